The summed E-state index contributed by atoms with van der Waals surface area (Å²) in [5.41, 5.74) is -0.204. The highest BCUT2D eigenvalue weighted by molar-refractivity contribution is 5.79. The van der Waals surface area contributed by atoms with E-state index in [4.69, 9.17) is 0 Å². The van der Waals surface area contributed by atoms with Crippen LogP contribution in [0.5, 0.6) is 5.88 Å². The third-order valence-electron chi connectivity index (χ3n) is 3.35. The van der Waals surface area contributed by atoms with Crippen LogP contribution in [0.2, 0.25) is 0 Å². The van der Waals surface area contributed by atoms with Gasteiger partial charge in [0.05, 0.1) is 11.4 Å². The minimum Gasteiger partial charge on any atom is -0.494 e. The largest absolute Gasteiger partial charge is 0.494 e. The molecule has 0 saturated heterocycles. The van der Waals surface area contributed by atoms with Crippen LogP contribution in [0.1, 0.15) is 5.56 Å². The summed E-state index contributed by atoms with van der Waals surface area (Å²) in [7, 11) is 1.41. The SMILES string of the molecule is Cn1c(O)c(/C=C2\C=CC=N2)c(=O)n(-c2ccccc2)c1=O. The van der Waals surface area contributed by atoms with E-state index in [1.165, 1.54) is 13.1 Å². The van der Waals surface area contributed by atoms with Crippen molar-refractivity contribution in [2.45, 2.75) is 0 Å². The van der Waals surface area contributed by atoms with Crippen LogP contribution in [0.4, 0.5) is 0 Å². The Morgan fingerprint density at radius 3 is 2.55 bits per heavy atom. The first-order valence-electron chi connectivity index (χ1n) is 6.62. The van der Waals surface area contributed by atoms with Crippen LogP contribution >= 0.6 is 0 Å². The van der Waals surface area contributed by atoms with Crippen molar-refractivity contribution in [3.63, 3.8) is 0 Å². The number of nitrogens with zero attached hydrogens (tertiary/aromatic N) is 3. The van der Waals surface area contributed by atoms with Crippen molar-refractivity contribution in [2.24, 2.45) is 12.0 Å². The molecule has 6 nitrogen and oxygen atoms in total. The number of benzene rings is 1. The molecule has 3 rings (SSSR count). The fourth-order valence-electron chi connectivity index (χ4n) is 2.20. The fourth-order valence-corrected chi connectivity index (χ4v) is 2.20. The fraction of sp³-hybridized carbons (Fsp3) is 0.0625. The maximum absolute atomic E-state index is 12.6. The maximum Gasteiger partial charge on any atom is 0.338 e. The van der Waals surface area contributed by atoms with E-state index in [0.717, 1.165) is 9.13 Å². The highest BCUT2D eigenvalue weighted by Gasteiger charge is 2.16. The molecule has 0 atom stereocenters. The topological polar surface area (TPSA) is 76.6 Å². The quantitative estimate of drug-likeness (QED) is 0.905. The van der Waals surface area contributed by atoms with Crippen LogP contribution in [0.3, 0.4) is 0 Å². The van der Waals surface area contributed by atoms with Crippen molar-refractivity contribution in [3.05, 3.63) is 74.6 Å². The van der Waals surface area contributed by atoms with Gasteiger partial charge in [0.2, 0.25) is 5.88 Å². The molecule has 2 heterocycles. The number of hydrogen-bond acceptors (Lipinski definition) is 4. The van der Waals surface area contributed by atoms with E-state index >= 15 is 0 Å². The zero-order valence-corrected chi connectivity index (χ0v) is 11.8. The van der Waals surface area contributed by atoms with Gasteiger partial charge in [0.1, 0.15) is 5.56 Å². The molecule has 6 heteroatoms. The number of aromatic hydroxyl groups is 1. The van der Waals surface area contributed by atoms with Crippen LogP contribution in [-0.4, -0.2) is 20.5 Å². The normalized spacial score (nSPS) is 14.9. The molecule has 0 spiro atoms. The van der Waals surface area contributed by atoms with E-state index in [2.05, 4.69) is 4.99 Å². The Hall–Kier alpha value is -3.15. The molecule has 1 aliphatic heterocycles. The van der Waals surface area contributed by atoms with E-state index < -0.39 is 11.2 Å². The van der Waals surface area contributed by atoms with Gasteiger partial charge < -0.3 is 5.11 Å². The van der Waals surface area contributed by atoms with Crippen LogP contribution in [0, 0.1) is 0 Å². The minimum atomic E-state index is -0.610. The van der Waals surface area contributed by atoms with E-state index in [9.17, 15) is 14.7 Å². The number of allylic oxidation sites excluding steroid dienone is 2. The monoisotopic (exact) mass is 295 g/mol. The van der Waals surface area contributed by atoms with Gasteiger partial charge in [-0.15, -0.1) is 0 Å². The summed E-state index contributed by atoms with van der Waals surface area (Å²) in [6, 6.07) is 8.57. The second kappa shape index (κ2) is 5.33. The average molecular weight is 295 g/mol. The lowest BCUT2D eigenvalue weighted by atomic mass is 10.2. The highest BCUT2D eigenvalue weighted by atomic mass is 16.3. The molecule has 0 unspecified atom stereocenters. The van der Waals surface area contributed by atoms with Gasteiger partial charge in [-0.1, -0.05) is 18.2 Å². The van der Waals surface area contributed by atoms with E-state index in [-0.39, 0.29) is 11.4 Å². The molecule has 0 aliphatic carbocycles. The lowest BCUT2D eigenvalue weighted by Crippen LogP contribution is -2.38. The molecule has 22 heavy (non-hydrogen) atoms. The summed E-state index contributed by atoms with van der Waals surface area (Å²) in [5, 5.41) is 10.1. The number of aliphatic imine (C=N–C) groups is 1. The molecule has 1 N–H and O–H groups in total. The highest BCUT2D eigenvalue weighted by Crippen LogP contribution is 2.17. The van der Waals surface area contributed by atoms with Crippen molar-refractivity contribution in [1.29, 1.82) is 0 Å². The Balaban J connectivity index is 2.33. The molecule has 1 aromatic heterocycles. The van der Waals surface area contributed by atoms with Crippen molar-refractivity contribution < 1.29 is 5.11 Å². The summed E-state index contributed by atoms with van der Waals surface area (Å²) in [4.78, 5) is 29.0. The Labute approximate surface area is 125 Å². The van der Waals surface area contributed by atoms with Gasteiger partial charge in [-0.3, -0.25) is 14.4 Å². The van der Waals surface area contributed by atoms with Gasteiger partial charge in [-0.2, -0.15) is 0 Å². The molecule has 1 aliphatic rings. The zero-order valence-electron chi connectivity index (χ0n) is 11.8. The number of rotatable bonds is 2. The van der Waals surface area contributed by atoms with Gasteiger partial charge in [-0.25, -0.2) is 9.36 Å². The van der Waals surface area contributed by atoms with E-state index in [1.807, 2.05) is 0 Å². The first-order chi connectivity index (χ1) is 10.6. The van der Waals surface area contributed by atoms with Gasteiger partial charge in [0, 0.05) is 13.3 Å². The predicted octanol–water partition coefficient (Wildman–Crippen LogP) is 1.22. The number of aromatic nitrogens is 2. The Morgan fingerprint density at radius 1 is 1.18 bits per heavy atom. The maximum atomic E-state index is 12.6. The van der Waals surface area contributed by atoms with Crippen molar-refractivity contribution in [2.75, 3.05) is 0 Å². The molecule has 0 bridgehead atoms. The summed E-state index contributed by atoms with van der Waals surface area (Å²) >= 11 is 0. The van der Waals surface area contributed by atoms with Gasteiger partial charge in [0.25, 0.3) is 5.56 Å². The first-order valence-corrected chi connectivity index (χ1v) is 6.62. The van der Waals surface area contributed by atoms with Crippen LogP contribution < -0.4 is 11.2 Å². The molecule has 1 aromatic carbocycles. The molecule has 0 saturated carbocycles. The standard InChI is InChI=1S/C16H13N3O3/c1-18-14(20)13(10-11-6-5-9-17-11)15(21)19(16(18)22)12-7-3-2-4-8-12/h2-10,20H,1H3/b11-10+. The summed E-state index contributed by atoms with van der Waals surface area (Å²) in [6.45, 7) is 0. The van der Waals surface area contributed by atoms with E-state index in [1.54, 1.807) is 48.7 Å². The lowest BCUT2D eigenvalue weighted by Gasteiger charge is -2.11. The van der Waals surface area contributed by atoms with Gasteiger partial charge in [0.15, 0.2) is 0 Å². The Kier molecular flexibility index (Phi) is 3.34. The lowest BCUT2D eigenvalue weighted by molar-refractivity contribution is 0.413. The van der Waals surface area contributed by atoms with Gasteiger partial charge >= 0.3 is 5.69 Å². The number of hydrogen-bond donors (Lipinski definition) is 1. The molecule has 110 valence electrons. The molecule has 0 amide bonds. The van der Waals surface area contributed by atoms with Crippen molar-refractivity contribution in [3.8, 4) is 11.6 Å². The molecule has 0 radical (unpaired) electrons. The molecular formula is C16H13N3O3. The Morgan fingerprint density at radius 2 is 1.91 bits per heavy atom. The van der Waals surface area contributed by atoms with Crippen molar-refractivity contribution in [1.82, 2.24) is 9.13 Å². The van der Waals surface area contributed by atoms with Crippen LogP contribution in [0.15, 0.2) is 62.8 Å². The summed E-state index contributed by atoms with van der Waals surface area (Å²) in [5.74, 6) is -0.384. The molecule has 2 aromatic rings. The van der Waals surface area contributed by atoms with Crippen molar-refractivity contribution >= 4 is 12.3 Å². The number of para-hydroxylation sites is 1. The smallest absolute Gasteiger partial charge is 0.338 e. The molecular weight excluding hydrogens is 282 g/mol. The Bertz CT molecular complexity index is 918. The third kappa shape index (κ3) is 2.20. The second-order valence-corrected chi connectivity index (χ2v) is 4.76. The summed E-state index contributed by atoms with van der Waals surface area (Å²) in [6.07, 6.45) is 6.47. The summed E-state index contributed by atoms with van der Waals surface area (Å²) < 4.78 is 2.05. The second-order valence-electron chi connectivity index (χ2n) is 4.76. The average Bonchev–Trinajstić information content (AvgIpc) is 3.04. The minimum absolute atomic E-state index is 0.0182. The molecule has 0 fully saturated rings. The predicted molar refractivity (Wildman–Crippen MR) is 84.6 cm³/mol. The van der Waals surface area contributed by atoms with Crippen LogP contribution in [0.25, 0.3) is 11.8 Å². The zero-order chi connectivity index (χ0) is 15.7. The first kappa shape index (κ1) is 13.8. The van der Waals surface area contributed by atoms with Crippen LogP contribution in [-0.2, 0) is 7.05 Å². The van der Waals surface area contributed by atoms with E-state index in [0.29, 0.717) is 11.4 Å². The third-order valence-corrected chi connectivity index (χ3v) is 3.35. The van der Waals surface area contributed by atoms with Gasteiger partial charge in [-0.05, 0) is 30.4 Å².